The summed E-state index contributed by atoms with van der Waals surface area (Å²) in [4.78, 5) is 0. The molecular weight excluding hydrogens is 198 g/mol. The number of aryl methyl sites for hydroxylation is 3. The van der Waals surface area contributed by atoms with E-state index >= 15 is 0 Å². The molecule has 0 fully saturated rings. The molecule has 0 radical (unpaired) electrons. The highest BCUT2D eigenvalue weighted by atomic mass is 16.3. The topological polar surface area (TPSA) is 32.3 Å². The normalized spacial score (nSPS) is 12.5. The summed E-state index contributed by atoms with van der Waals surface area (Å²) in [5.41, 5.74) is 4.60. The van der Waals surface area contributed by atoms with E-state index in [2.05, 4.69) is 31.0 Å². The molecule has 1 rings (SSSR count). The van der Waals surface area contributed by atoms with Crippen molar-refractivity contribution >= 4 is 0 Å². The SMILES string of the molecule is C=CCNCC(O)c1c(C)cc(C)cc1C. The average Bonchev–Trinajstić information content (AvgIpc) is 2.16. The van der Waals surface area contributed by atoms with Crippen molar-refractivity contribution in [3.8, 4) is 0 Å². The van der Waals surface area contributed by atoms with Gasteiger partial charge >= 0.3 is 0 Å². The quantitative estimate of drug-likeness (QED) is 0.589. The van der Waals surface area contributed by atoms with Gasteiger partial charge in [0.2, 0.25) is 0 Å². The smallest absolute Gasteiger partial charge is 0.0919 e. The van der Waals surface area contributed by atoms with Gasteiger partial charge in [0.15, 0.2) is 0 Å². The van der Waals surface area contributed by atoms with Crippen LogP contribution in [0.3, 0.4) is 0 Å². The van der Waals surface area contributed by atoms with Gasteiger partial charge in [-0.05, 0) is 37.5 Å². The zero-order valence-electron chi connectivity index (χ0n) is 10.4. The first kappa shape index (κ1) is 12.9. The molecule has 0 aromatic heterocycles. The van der Waals surface area contributed by atoms with Crippen LogP contribution in [0.25, 0.3) is 0 Å². The van der Waals surface area contributed by atoms with Gasteiger partial charge in [0.25, 0.3) is 0 Å². The van der Waals surface area contributed by atoms with Gasteiger partial charge in [-0.2, -0.15) is 0 Å². The fraction of sp³-hybridized carbons (Fsp3) is 0.429. The molecule has 2 heteroatoms. The summed E-state index contributed by atoms with van der Waals surface area (Å²) in [7, 11) is 0. The Hall–Kier alpha value is -1.12. The lowest BCUT2D eigenvalue weighted by atomic mass is 9.95. The van der Waals surface area contributed by atoms with Crippen LogP contribution in [0.4, 0.5) is 0 Å². The van der Waals surface area contributed by atoms with Gasteiger partial charge in [0.1, 0.15) is 0 Å². The summed E-state index contributed by atoms with van der Waals surface area (Å²) < 4.78 is 0. The van der Waals surface area contributed by atoms with Gasteiger partial charge in [0.05, 0.1) is 6.10 Å². The van der Waals surface area contributed by atoms with Crippen molar-refractivity contribution in [3.05, 3.63) is 47.0 Å². The van der Waals surface area contributed by atoms with Gasteiger partial charge in [-0.15, -0.1) is 6.58 Å². The highest BCUT2D eigenvalue weighted by Crippen LogP contribution is 2.22. The first-order chi connectivity index (χ1) is 7.56. The Morgan fingerprint density at radius 1 is 1.31 bits per heavy atom. The minimum Gasteiger partial charge on any atom is -0.387 e. The summed E-state index contributed by atoms with van der Waals surface area (Å²) in [5.74, 6) is 0. The van der Waals surface area contributed by atoms with E-state index in [9.17, 15) is 5.11 Å². The fourth-order valence-corrected chi connectivity index (χ4v) is 2.14. The van der Waals surface area contributed by atoms with Crippen LogP contribution in [0.1, 0.15) is 28.4 Å². The van der Waals surface area contributed by atoms with E-state index < -0.39 is 6.10 Å². The molecule has 1 unspecified atom stereocenters. The number of nitrogens with one attached hydrogen (secondary N) is 1. The van der Waals surface area contributed by atoms with Gasteiger partial charge in [-0.25, -0.2) is 0 Å². The molecule has 0 spiro atoms. The lowest BCUT2D eigenvalue weighted by Crippen LogP contribution is -2.22. The Morgan fingerprint density at radius 2 is 1.88 bits per heavy atom. The van der Waals surface area contributed by atoms with Crippen molar-refractivity contribution in [1.29, 1.82) is 0 Å². The Morgan fingerprint density at radius 3 is 2.38 bits per heavy atom. The summed E-state index contributed by atoms with van der Waals surface area (Å²) in [6.45, 7) is 11.1. The van der Waals surface area contributed by atoms with Gasteiger partial charge in [0, 0.05) is 13.1 Å². The molecule has 0 aliphatic rings. The van der Waals surface area contributed by atoms with E-state index in [1.807, 2.05) is 13.8 Å². The predicted molar refractivity (Wildman–Crippen MR) is 68.7 cm³/mol. The zero-order chi connectivity index (χ0) is 12.1. The number of aliphatic hydroxyl groups is 1. The maximum Gasteiger partial charge on any atom is 0.0919 e. The summed E-state index contributed by atoms with van der Waals surface area (Å²) in [5, 5.41) is 13.2. The lowest BCUT2D eigenvalue weighted by molar-refractivity contribution is 0.175. The van der Waals surface area contributed by atoms with Crippen LogP contribution in [0, 0.1) is 20.8 Å². The van der Waals surface area contributed by atoms with Crippen LogP contribution in [-0.2, 0) is 0 Å². The lowest BCUT2D eigenvalue weighted by Gasteiger charge is -2.17. The Bertz CT molecular complexity index is 348. The Balaban J connectivity index is 2.82. The van der Waals surface area contributed by atoms with Crippen molar-refractivity contribution in [2.24, 2.45) is 0 Å². The third kappa shape index (κ3) is 3.19. The maximum absolute atomic E-state index is 10.1. The van der Waals surface area contributed by atoms with Crippen LogP contribution < -0.4 is 5.32 Å². The largest absolute Gasteiger partial charge is 0.387 e. The highest BCUT2D eigenvalue weighted by Gasteiger charge is 2.12. The molecule has 2 N–H and O–H groups in total. The fourth-order valence-electron chi connectivity index (χ4n) is 2.14. The molecule has 1 aromatic rings. The third-order valence-corrected chi connectivity index (χ3v) is 2.70. The van der Waals surface area contributed by atoms with E-state index in [0.717, 1.165) is 23.2 Å². The monoisotopic (exact) mass is 219 g/mol. The molecular formula is C14H21NO. The zero-order valence-corrected chi connectivity index (χ0v) is 10.4. The molecule has 2 nitrogen and oxygen atoms in total. The van der Waals surface area contributed by atoms with Crippen LogP contribution in [0.2, 0.25) is 0 Å². The van der Waals surface area contributed by atoms with E-state index in [0.29, 0.717) is 6.54 Å². The second kappa shape index (κ2) is 5.83. The molecule has 16 heavy (non-hydrogen) atoms. The first-order valence-corrected chi connectivity index (χ1v) is 5.63. The molecule has 0 amide bonds. The third-order valence-electron chi connectivity index (χ3n) is 2.70. The second-order valence-corrected chi connectivity index (χ2v) is 4.28. The standard InChI is InChI=1S/C14H21NO/c1-5-6-15-9-13(16)14-11(3)7-10(2)8-12(14)4/h5,7-8,13,15-16H,1,6,9H2,2-4H3. The minimum atomic E-state index is -0.444. The number of rotatable bonds is 5. The van der Waals surface area contributed by atoms with Gasteiger partial charge < -0.3 is 10.4 Å². The van der Waals surface area contributed by atoms with Gasteiger partial charge in [-0.3, -0.25) is 0 Å². The van der Waals surface area contributed by atoms with Crippen molar-refractivity contribution < 1.29 is 5.11 Å². The molecule has 88 valence electrons. The van der Waals surface area contributed by atoms with Crippen molar-refractivity contribution in [2.75, 3.05) is 13.1 Å². The molecule has 0 heterocycles. The van der Waals surface area contributed by atoms with Gasteiger partial charge in [-0.1, -0.05) is 23.8 Å². The number of benzene rings is 1. The average molecular weight is 219 g/mol. The minimum absolute atomic E-state index is 0.444. The highest BCUT2D eigenvalue weighted by molar-refractivity contribution is 5.39. The Labute approximate surface area is 98.0 Å². The second-order valence-electron chi connectivity index (χ2n) is 4.28. The van der Waals surface area contributed by atoms with Crippen LogP contribution in [-0.4, -0.2) is 18.2 Å². The van der Waals surface area contributed by atoms with Crippen molar-refractivity contribution in [1.82, 2.24) is 5.32 Å². The first-order valence-electron chi connectivity index (χ1n) is 5.63. The number of hydrogen-bond donors (Lipinski definition) is 2. The van der Waals surface area contributed by atoms with Crippen LogP contribution >= 0.6 is 0 Å². The van der Waals surface area contributed by atoms with E-state index in [4.69, 9.17) is 0 Å². The molecule has 0 saturated heterocycles. The molecule has 0 bridgehead atoms. The Kier molecular flexibility index (Phi) is 4.71. The van der Waals surface area contributed by atoms with E-state index in [-0.39, 0.29) is 0 Å². The van der Waals surface area contributed by atoms with Crippen LogP contribution in [0.15, 0.2) is 24.8 Å². The van der Waals surface area contributed by atoms with E-state index in [1.54, 1.807) is 6.08 Å². The number of aliphatic hydroxyl groups excluding tert-OH is 1. The maximum atomic E-state index is 10.1. The molecule has 1 aromatic carbocycles. The summed E-state index contributed by atoms with van der Waals surface area (Å²) in [6, 6.07) is 4.22. The van der Waals surface area contributed by atoms with Crippen molar-refractivity contribution in [3.63, 3.8) is 0 Å². The molecule has 1 atom stereocenters. The summed E-state index contributed by atoms with van der Waals surface area (Å²) >= 11 is 0. The molecule has 0 aliphatic carbocycles. The molecule has 0 saturated carbocycles. The molecule has 0 aliphatic heterocycles. The summed E-state index contributed by atoms with van der Waals surface area (Å²) in [6.07, 6.45) is 1.35. The van der Waals surface area contributed by atoms with Crippen molar-refractivity contribution in [2.45, 2.75) is 26.9 Å². The number of hydrogen-bond acceptors (Lipinski definition) is 2. The van der Waals surface area contributed by atoms with E-state index in [1.165, 1.54) is 5.56 Å². The predicted octanol–water partition coefficient (Wildman–Crippen LogP) is 2.42. The van der Waals surface area contributed by atoms with Crippen LogP contribution in [0.5, 0.6) is 0 Å².